The smallest absolute Gasteiger partial charge is 0.240 e. The summed E-state index contributed by atoms with van der Waals surface area (Å²) in [6.45, 7) is 0.151. The van der Waals surface area contributed by atoms with Crippen molar-refractivity contribution >= 4 is 54.5 Å². The van der Waals surface area contributed by atoms with Crippen molar-refractivity contribution in [1.29, 1.82) is 0 Å². The molecule has 0 spiro atoms. The van der Waals surface area contributed by atoms with Crippen molar-refractivity contribution in [2.75, 3.05) is 0 Å². The van der Waals surface area contributed by atoms with Crippen molar-refractivity contribution < 1.29 is 12.8 Å². The van der Waals surface area contributed by atoms with Gasteiger partial charge in [-0.1, -0.05) is 12.2 Å². The number of rotatable bonds is 5. The lowest BCUT2D eigenvalue weighted by molar-refractivity contribution is 0.580. The van der Waals surface area contributed by atoms with Gasteiger partial charge < -0.3 is 5.73 Å². The Morgan fingerprint density at radius 3 is 2.67 bits per heavy atom. The molecule has 1 aromatic carbocycles. The number of nitrogens with one attached hydrogen (secondary N) is 1. The molecule has 9 heteroatoms. The summed E-state index contributed by atoms with van der Waals surface area (Å²) in [4.78, 5) is 0.580. The van der Waals surface area contributed by atoms with Gasteiger partial charge in [-0.05, 0) is 46.3 Å². The zero-order valence-corrected chi connectivity index (χ0v) is 14.5. The second-order valence-electron chi connectivity index (χ2n) is 4.04. The Balaban J connectivity index is 2.23. The van der Waals surface area contributed by atoms with Gasteiger partial charge in [0.1, 0.15) is 10.8 Å². The first-order valence-electron chi connectivity index (χ1n) is 5.63. The van der Waals surface area contributed by atoms with Crippen LogP contribution >= 0.6 is 39.5 Å². The largest absolute Gasteiger partial charge is 0.389 e. The van der Waals surface area contributed by atoms with E-state index in [9.17, 15) is 12.8 Å². The van der Waals surface area contributed by atoms with Gasteiger partial charge in [0.15, 0.2) is 0 Å². The lowest BCUT2D eigenvalue weighted by atomic mass is 10.2. The van der Waals surface area contributed by atoms with Crippen molar-refractivity contribution in [3.05, 3.63) is 50.4 Å². The molecule has 0 saturated heterocycles. The molecule has 0 aliphatic heterocycles. The van der Waals surface area contributed by atoms with Crippen LogP contribution < -0.4 is 10.5 Å². The maximum atomic E-state index is 13.5. The first kappa shape index (κ1) is 16.5. The van der Waals surface area contributed by atoms with Crippen LogP contribution in [0, 0.1) is 5.82 Å². The van der Waals surface area contributed by atoms with Crippen LogP contribution in [0.25, 0.3) is 0 Å². The first-order chi connectivity index (χ1) is 9.79. The monoisotopic (exact) mass is 408 g/mol. The van der Waals surface area contributed by atoms with Gasteiger partial charge in [0, 0.05) is 17.0 Å². The number of benzene rings is 1. The fraction of sp³-hybridized carbons (Fsp3) is 0.0833. The quantitative estimate of drug-likeness (QED) is 0.745. The molecule has 0 unspecified atom stereocenters. The third kappa shape index (κ3) is 4.07. The Bertz CT molecular complexity index is 790. The van der Waals surface area contributed by atoms with Gasteiger partial charge in [-0.15, -0.1) is 11.3 Å². The number of thiophene rings is 1. The van der Waals surface area contributed by atoms with Gasteiger partial charge in [0.2, 0.25) is 10.0 Å². The fourth-order valence-electron chi connectivity index (χ4n) is 1.56. The van der Waals surface area contributed by atoms with E-state index in [1.807, 2.05) is 12.1 Å². The SMILES string of the molecule is NC(=S)c1cc(S(=O)(=O)NCc2ccc(Br)s2)ccc1F. The molecule has 0 amide bonds. The molecule has 21 heavy (non-hydrogen) atoms. The van der Waals surface area contributed by atoms with E-state index in [2.05, 4.69) is 20.7 Å². The molecule has 0 aliphatic carbocycles. The Labute approximate surface area is 139 Å². The van der Waals surface area contributed by atoms with E-state index >= 15 is 0 Å². The van der Waals surface area contributed by atoms with Gasteiger partial charge in [-0.25, -0.2) is 17.5 Å². The highest BCUT2D eigenvalue weighted by atomic mass is 79.9. The minimum Gasteiger partial charge on any atom is -0.389 e. The highest BCUT2D eigenvalue weighted by molar-refractivity contribution is 9.11. The lowest BCUT2D eigenvalue weighted by Crippen LogP contribution is -2.23. The summed E-state index contributed by atoms with van der Waals surface area (Å²) in [6.07, 6.45) is 0. The minimum absolute atomic E-state index is 0.0812. The molecule has 2 rings (SSSR count). The molecule has 0 saturated carbocycles. The molecule has 0 aliphatic rings. The van der Waals surface area contributed by atoms with E-state index in [0.29, 0.717) is 0 Å². The fourth-order valence-corrected chi connectivity index (χ4v) is 4.26. The van der Waals surface area contributed by atoms with E-state index in [1.54, 1.807) is 0 Å². The van der Waals surface area contributed by atoms with Crippen LogP contribution in [0.15, 0.2) is 39.0 Å². The number of hydrogen-bond acceptors (Lipinski definition) is 4. The third-order valence-electron chi connectivity index (χ3n) is 2.58. The highest BCUT2D eigenvalue weighted by Gasteiger charge is 2.17. The van der Waals surface area contributed by atoms with Crippen LogP contribution in [0.3, 0.4) is 0 Å². The van der Waals surface area contributed by atoms with Crippen molar-refractivity contribution in [2.24, 2.45) is 5.73 Å². The Hall–Kier alpha value is -0.870. The van der Waals surface area contributed by atoms with Crippen molar-refractivity contribution in [3.8, 4) is 0 Å². The third-order valence-corrected chi connectivity index (χ3v) is 5.82. The molecule has 0 fully saturated rings. The molecule has 112 valence electrons. The predicted molar refractivity (Wildman–Crippen MR) is 88.3 cm³/mol. The normalized spacial score (nSPS) is 11.5. The summed E-state index contributed by atoms with van der Waals surface area (Å²) in [5, 5.41) is 0. The summed E-state index contributed by atoms with van der Waals surface area (Å²) >= 11 is 9.42. The second-order valence-corrected chi connectivity index (χ2v) is 8.79. The average molecular weight is 409 g/mol. The average Bonchev–Trinajstić information content (AvgIpc) is 2.82. The van der Waals surface area contributed by atoms with E-state index < -0.39 is 15.8 Å². The number of nitrogens with two attached hydrogens (primary N) is 1. The maximum absolute atomic E-state index is 13.5. The molecular weight excluding hydrogens is 399 g/mol. The standard InChI is InChI=1S/C12H10BrFN2O2S3/c13-11-4-1-7(20-11)6-16-21(17,18)8-2-3-10(14)9(5-8)12(15)19/h1-5,16H,6H2,(H2,15,19). The molecule has 4 nitrogen and oxygen atoms in total. The topological polar surface area (TPSA) is 72.2 Å². The van der Waals surface area contributed by atoms with Crippen LogP contribution in [0.2, 0.25) is 0 Å². The summed E-state index contributed by atoms with van der Waals surface area (Å²) in [5.74, 6) is -0.649. The predicted octanol–water partition coefficient (Wildman–Crippen LogP) is 2.76. The number of sulfonamides is 1. The molecule has 3 N–H and O–H groups in total. The Morgan fingerprint density at radius 1 is 1.38 bits per heavy atom. The molecule has 1 heterocycles. The Morgan fingerprint density at radius 2 is 2.10 bits per heavy atom. The highest BCUT2D eigenvalue weighted by Crippen LogP contribution is 2.22. The maximum Gasteiger partial charge on any atom is 0.240 e. The Kier molecular flexibility index (Phi) is 5.10. The number of halogens is 2. The summed E-state index contributed by atoms with van der Waals surface area (Å²) in [5.41, 5.74) is 5.28. The van der Waals surface area contributed by atoms with Crippen LogP contribution in [0.1, 0.15) is 10.4 Å². The summed E-state index contributed by atoms with van der Waals surface area (Å²) in [7, 11) is -3.76. The van der Waals surface area contributed by atoms with Crippen molar-refractivity contribution in [3.63, 3.8) is 0 Å². The van der Waals surface area contributed by atoms with Gasteiger partial charge in [-0.2, -0.15) is 0 Å². The van der Waals surface area contributed by atoms with Gasteiger partial charge in [-0.3, -0.25) is 0 Å². The van der Waals surface area contributed by atoms with Crippen LogP contribution in [0.4, 0.5) is 4.39 Å². The zero-order valence-electron chi connectivity index (χ0n) is 10.5. The van der Waals surface area contributed by atoms with Crippen molar-refractivity contribution in [2.45, 2.75) is 11.4 Å². The van der Waals surface area contributed by atoms with Crippen LogP contribution in [-0.4, -0.2) is 13.4 Å². The molecule has 0 bridgehead atoms. The second kappa shape index (κ2) is 6.49. The van der Waals surface area contributed by atoms with E-state index in [0.717, 1.165) is 20.8 Å². The van der Waals surface area contributed by atoms with Crippen molar-refractivity contribution in [1.82, 2.24) is 4.72 Å². The molecule has 0 atom stereocenters. The lowest BCUT2D eigenvalue weighted by Gasteiger charge is -2.08. The molecular formula is C12H10BrFN2O2S3. The molecule has 1 aromatic heterocycles. The van der Waals surface area contributed by atoms with Crippen LogP contribution in [0.5, 0.6) is 0 Å². The van der Waals surface area contributed by atoms with Gasteiger partial charge in [0.25, 0.3) is 0 Å². The first-order valence-corrected chi connectivity index (χ1v) is 9.13. The number of thiocarbonyl (C=S) groups is 1. The summed E-state index contributed by atoms with van der Waals surface area (Å²) < 4.78 is 41.2. The van der Waals surface area contributed by atoms with Gasteiger partial charge >= 0.3 is 0 Å². The summed E-state index contributed by atoms with van der Waals surface area (Å²) in [6, 6.07) is 6.97. The van der Waals surface area contributed by atoms with E-state index in [4.69, 9.17) is 18.0 Å². The van der Waals surface area contributed by atoms with Crippen LogP contribution in [-0.2, 0) is 16.6 Å². The molecule has 0 radical (unpaired) electrons. The van der Waals surface area contributed by atoms with E-state index in [1.165, 1.54) is 17.4 Å². The minimum atomic E-state index is -3.76. The van der Waals surface area contributed by atoms with Gasteiger partial charge in [0.05, 0.1) is 8.68 Å². The number of hydrogen-bond donors (Lipinski definition) is 2. The zero-order chi connectivity index (χ0) is 15.6. The van der Waals surface area contributed by atoms with E-state index in [-0.39, 0.29) is 22.0 Å². The molecule has 2 aromatic rings.